The van der Waals surface area contributed by atoms with Crippen LogP contribution in [-0.2, 0) is 44.5 Å². The Bertz CT molecular complexity index is 1430. The van der Waals surface area contributed by atoms with Gasteiger partial charge >= 0.3 is 18.0 Å². The average molecular weight is 678 g/mol. The number of hydrogen-bond donors (Lipinski definition) is 1. The van der Waals surface area contributed by atoms with Crippen LogP contribution in [-0.4, -0.2) is 62.5 Å². The quantitative estimate of drug-likeness (QED) is 0.105. The molecule has 47 heavy (non-hydrogen) atoms. The first kappa shape index (κ1) is 39.5. The molecule has 12 heteroatoms. The number of ether oxygens (including phenoxy) is 4. The van der Waals surface area contributed by atoms with Crippen LogP contribution in [0.25, 0.3) is 0 Å². The molecule has 1 N–H and O–H groups in total. The summed E-state index contributed by atoms with van der Waals surface area (Å²) in [5.41, 5.74) is -0.557. The maximum absolute atomic E-state index is 13.3. The number of rotatable bonds is 14. The minimum atomic E-state index is -3.89. The lowest BCUT2D eigenvalue weighted by Gasteiger charge is -2.29. The number of amides is 1. The van der Waals surface area contributed by atoms with E-state index in [0.717, 1.165) is 11.1 Å². The average Bonchev–Trinajstić information content (AvgIpc) is 2.90. The number of aryl methyl sites for hydroxylation is 2. The fraction of sp³-hybridized carbons (Fsp3) is 0.571. The highest BCUT2D eigenvalue weighted by atomic mass is 32.2. The highest BCUT2D eigenvalue weighted by Gasteiger charge is 2.35. The lowest BCUT2D eigenvalue weighted by molar-refractivity contribution is -0.162. The maximum atomic E-state index is 13.3. The Morgan fingerprint density at radius 1 is 0.723 bits per heavy atom. The summed E-state index contributed by atoms with van der Waals surface area (Å²) < 4.78 is 52.1. The SMILES string of the molecule is Cc1ccc(S(=O)(=O)OCCOc2ccc(CCC(C[C@H](NC(=O)OC(C)(C)C)C(=O)OC(C)(C)C)C(=O)OC(C)(C)C)cc2)cc1. The predicted molar refractivity (Wildman–Crippen MR) is 178 cm³/mol. The van der Waals surface area contributed by atoms with Crippen LogP contribution >= 0.6 is 0 Å². The molecule has 0 aromatic heterocycles. The normalized spacial score (nSPS) is 13.7. The molecule has 1 amide bonds. The van der Waals surface area contributed by atoms with E-state index in [1.165, 1.54) is 12.1 Å². The highest BCUT2D eigenvalue weighted by molar-refractivity contribution is 7.86. The van der Waals surface area contributed by atoms with E-state index in [0.29, 0.717) is 18.6 Å². The first-order valence-corrected chi connectivity index (χ1v) is 17.1. The Morgan fingerprint density at radius 2 is 1.26 bits per heavy atom. The number of hydrogen-bond acceptors (Lipinski definition) is 10. The topological polar surface area (TPSA) is 144 Å². The van der Waals surface area contributed by atoms with E-state index in [9.17, 15) is 22.8 Å². The molecule has 0 saturated carbocycles. The van der Waals surface area contributed by atoms with Crippen LogP contribution in [0, 0.1) is 12.8 Å². The van der Waals surface area contributed by atoms with E-state index < -0.39 is 56.9 Å². The molecule has 0 heterocycles. The van der Waals surface area contributed by atoms with Gasteiger partial charge in [0.05, 0.1) is 10.8 Å². The second-order valence-corrected chi connectivity index (χ2v) is 15.9. The number of benzene rings is 2. The molecule has 0 aliphatic heterocycles. The van der Waals surface area contributed by atoms with Crippen molar-refractivity contribution in [1.29, 1.82) is 0 Å². The van der Waals surface area contributed by atoms with Crippen molar-refractivity contribution < 1.29 is 45.9 Å². The molecule has 1 unspecified atom stereocenters. The predicted octanol–water partition coefficient (Wildman–Crippen LogP) is 6.29. The molecule has 2 atom stereocenters. The van der Waals surface area contributed by atoms with Crippen LogP contribution in [0.1, 0.15) is 86.3 Å². The van der Waals surface area contributed by atoms with Gasteiger partial charge in [-0.05, 0) is 118 Å². The molecular formula is C35H51NO10S. The van der Waals surface area contributed by atoms with E-state index in [4.69, 9.17) is 23.1 Å². The third-order valence-electron chi connectivity index (χ3n) is 6.25. The standard InChI is InChI=1S/C35H51NO10S/c1-24-11-19-28(20-12-24)47(40,41)43-22-21-42-27-17-14-25(15-18-27)13-16-26(30(37)44-33(2,3)4)23-29(31(38)45-34(5,6)7)36-32(39)46-35(8,9)10/h11-12,14-15,17-20,26,29H,13,16,21-23H2,1-10H3,(H,36,39)/t26?,29-/m0/s1. The summed E-state index contributed by atoms with van der Waals surface area (Å²) in [6.07, 6.45) is -0.0921. The smallest absolute Gasteiger partial charge is 0.408 e. The molecule has 0 radical (unpaired) electrons. The van der Waals surface area contributed by atoms with Gasteiger partial charge < -0.3 is 24.3 Å². The molecule has 0 aliphatic carbocycles. The summed E-state index contributed by atoms with van der Waals surface area (Å²) in [5, 5.41) is 2.59. The Balaban J connectivity index is 2.08. The van der Waals surface area contributed by atoms with Gasteiger partial charge in [0, 0.05) is 0 Å². The lowest BCUT2D eigenvalue weighted by atomic mass is 9.92. The number of esters is 2. The third kappa shape index (κ3) is 15.7. The molecule has 2 aromatic carbocycles. The zero-order chi connectivity index (χ0) is 35.6. The summed E-state index contributed by atoms with van der Waals surface area (Å²) in [6, 6.07) is 12.4. The van der Waals surface area contributed by atoms with E-state index in [1.807, 2.05) is 19.1 Å². The van der Waals surface area contributed by atoms with Crippen molar-refractivity contribution in [3.05, 3.63) is 59.7 Å². The van der Waals surface area contributed by atoms with E-state index in [2.05, 4.69) is 5.32 Å². The number of carbonyl (C=O) groups excluding carboxylic acids is 3. The Hall–Kier alpha value is -3.64. The van der Waals surface area contributed by atoms with E-state index in [1.54, 1.807) is 86.6 Å². The van der Waals surface area contributed by atoms with Crippen LogP contribution in [0.3, 0.4) is 0 Å². The molecule has 2 aromatic rings. The third-order valence-corrected chi connectivity index (χ3v) is 7.57. The van der Waals surface area contributed by atoms with Gasteiger partial charge in [0.1, 0.15) is 41.8 Å². The molecule has 2 rings (SSSR count). The van der Waals surface area contributed by atoms with Crippen molar-refractivity contribution in [3.8, 4) is 5.75 Å². The zero-order valence-corrected chi connectivity index (χ0v) is 30.1. The van der Waals surface area contributed by atoms with Crippen molar-refractivity contribution in [1.82, 2.24) is 5.32 Å². The van der Waals surface area contributed by atoms with Crippen LogP contribution in [0.15, 0.2) is 53.4 Å². The molecule has 0 saturated heterocycles. The number of nitrogens with one attached hydrogen (secondary N) is 1. The molecule has 0 spiro atoms. The van der Waals surface area contributed by atoms with Crippen molar-refractivity contribution in [2.45, 2.75) is 116 Å². The monoisotopic (exact) mass is 677 g/mol. The van der Waals surface area contributed by atoms with Crippen molar-refractivity contribution in [3.63, 3.8) is 0 Å². The highest BCUT2D eigenvalue weighted by Crippen LogP contribution is 2.24. The lowest BCUT2D eigenvalue weighted by Crippen LogP contribution is -2.47. The van der Waals surface area contributed by atoms with Gasteiger partial charge in [0.25, 0.3) is 10.1 Å². The summed E-state index contributed by atoms with van der Waals surface area (Å²) in [5.74, 6) is -1.43. The maximum Gasteiger partial charge on any atom is 0.408 e. The summed E-state index contributed by atoms with van der Waals surface area (Å²) >= 11 is 0. The minimum absolute atomic E-state index is 0.0157. The fourth-order valence-electron chi connectivity index (χ4n) is 4.21. The van der Waals surface area contributed by atoms with Crippen LogP contribution < -0.4 is 10.1 Å². The molecular weight excluding hydrogens is 626 g/mol. The summed E-state index contributed by atoms with van der Waals surface area (Å²) in [6.45, 7) is 17.3. The number of carbonyl (C=O) groups is 3. The second kappa shape index (κ2) is 16.5. The Kier molecular flexibility index (Phi) is 13.8. The zero-order valence-electron chi connectivity index (χ0n) is 29.3. The first-order chi connectivity index (χ1) is 21.5. The van der Waals surface area contributed by atoms with Crippen LogP contribution in [0.5, 0.6) is 5.75 Å². The minimum Gasteiger partial charge on any atom is -0.491 e. The van der Waals surface area contributed by atoms with Gasteiger partial charge in [-0.2, -0.15) is 8.42 Å². The largest absolute Gasteiger partial charge is 0.491 e. The van der Waals surface area contributed by atoms with Gasteiger partial charge in [-0.3, -0.25) is 8.98 Å². The van der Waals surface area contributed by atoms with Crippen LogP contribution in [0.4, 0.5) is 4.79 Å². The molecule has 11 nitrogen and oxygen atoms in total. The van der Waals surface area contributed by atoms with Crippen LogP contribution in [0.2, 0.25) is 0 Å². The summed E-state index contributed by atoms with van der Waals surface area (Å²) in [7, 11) is -3.89. The second-order valence-electron chi connectivity index (χ2n) is 14.3. The Labute approximate surface area is 279 Å². The molecule has 0 bridgehead atoms. The van der Waals surface area contributed by atoms with Gasteiger partial charge in [0.15, 0.2) is 0 Å². The Morgan fingerprint density at radius 3 is 1.79 bits per heavy atom. The molecule has 262 valence electrons. The number of alkyl carbamates (subject to hydrolysis) is 1. The van der Waals surface area contributed by atoms with E-state index >= 15 is 0 Å². The van der Waals surface area contributed by atoms with Gasteiger partial charge in [-0.1, -0.05) is 29.8 Å². The van der Waals surface area contributed by atoms with Gasteiger partial charge in [-0.15, -0.1) is 0 Å². The first-order valence-electron chi connectivity index (χ1n) is 15.7. The molecule has 0 fully saturated rings. The van der Waals surface area contributed by atoms with Crippen molar-refractivity contribution in [2.75, 3.05) is 13.2 Å². The van der Waals surface area contributed by atoms with Gasteiger partial charge in [-0.25, -0.2) is 9.59 Å². The van der Waals surface area contributed by atoms with Gasteiger partial charge in [0.2, 0.25) is 0 Å². The van der Waals surface area contributed by atoms with Crippen molar-refractivity contribution in [2.24, 2.45) is 5.92 Å². The molecule has 0 aliphatic rings. The summed E-state index contributed by atoms with van der Waals surface area (Å²) in [4.78, 5) is 39.2. The van der Waals surface area contributed by atoms with Crippen molar-refractivity contribution >= 4 is 28.1 Å². The fourth-order valence-corrected chi connectivity index (χ4v) is 5.10. The van der Waals surface area contributed by atoms with E-state index in [-0.39, 0.29) is 24.5 Å².